The summed E-state index contributed by atoms with van der Waals surface area (Å²) in [6.45, 7) is 2.30. The van der Waals surface area contributed by atoms with E-state index in [0.717, 1.165) is 30.7 Å². The maximum absolute atomic E-state index is 12.7. The predicted octanol–water partition coefficient (Wildman–Crippen LogP) is 1.92. The molecule has 0 N–H and O–H groups in total. The summed E-state index contributed by atoms with van der Waals surface area (Å²) in [6, 6.07) is 0. The van der Waals surface area contributed by atoms with Gasteiger partial charge in [0.25, 0.3) is 0 Å². The summed E-state index contributed by atoms with van der Waals surface area (Å²) < 4.78 is 34.0. The monoisotopic (exact) mass is 335 g/mol. The van der Waals surface area contributed by atoms with Crippen molar-refractivity contribution in [2.24, 2.45) is 5.92 Å². The molecular formula is C12H18FN3O3S2. The molecule has 21 heavy (non-hydrogen) atoms. The zero-order valence-corrected chi connectivity index (χ0v) is 13.4. The van der Waals surface area contributed by atoms with Crippen molar-refractivity contribution in [2.45, 2.75) is 39.0 Å². The van der Waals surface area contributed by atoms with Gasteiger partial charge in [-0.1, -0.05) is 31.1 Å². The maximum atomic E-state index is 12.7. The van der Waals surface area contributed by atoms with E-state index in [1.165, 1.54) is 16.2 Å². The van der Waals surface area contributed by atoms with Gasteiger partial charge in [0, 0.05) is 25.3 Å². The fourth-order valence-corrected chi connectivity index (χ4v) is 4.03. The van der Waals surface area contributed by atoms with Crippen LogP contribution in [0.25, 0.3) is 0 Å². The molecule has 2 rings (SSSR count). The van der Waals surface area contributed by atoms with E-state index in [1.54, 1.807) is 0 Å². The molecule has 0 bridgehead atoms. The van der Waals surface area contributed by atoms with Crippen LogP contribution in [0.4, 0.5) is 9.02 Å². The fraction of sp³-hybridized carbons (Fsp3) is 0.750. The average molecular weight is 335 g/mol. The van der Waals surface area contributed by atoms with Crippen molar-refractivity contribution in [1.82, 2.24) is 10.2 Å². The highest BCUT2D eigenvalue weighted by Gasteiger charge is 2.35. The van der Waals surface area contributed by atoms with E-state index >= 15 is 0 Å². The highest BCUT2D eigenvalue weighted by atomic mass is 32.3. The van der Waals surface area contributed by atoms with Crippen molar-refractivity contribution in [1.29, 1.82) is 0 Å². The molecule has 0 aliphatic carbocycles. The van der Waals surface area contributed by atoms with Gasteiger partial charge in [-0.05, 0) is 6.42 Å². The molecule has 6 nitrogen and oxygen atoms in total. The van der Waals surface area contributed by atoms with Crippen molar-refractivity contribution < 1.29 is 17.1 Å². The highest BCUT2D eigenvalue weighted by molar-refractivity contribution is 7.86. The lowest BCUT2D eigenvalue weighted by atomic mass is 10.1. The number of halogens is 1. The SMILES string of the molecule is CCCCCc1nnc(N2CC(CS(=O)(=O)F)CC2=O)s1. The summed E-state index contributed by atoms with van der Waals surface area (Å²) in [6.07, 6.45) is 4.13. The average Bonchev–Trinajstić information content (AvgIpc) is 2.94. The van der Waals surface area contributed by atoms with E-state index in [0.29, 0.717) is 5.13 Å². The third-order valence-electron chi connectivity index (χ3n) is 3.32. The molecule has 0 saturated carbocycles. The zero-order chi connectivity index (χ0) is 15.5. The minimum atomic E-state index is -4.56. The smallest absolute Gasteiger partial charge is 0.286 e. The second-order valence-electron chi connectivity index (χ2n) is 5.22. The summed E-state index contributed by atoms with van der Waals surface area (Å²) in [5.41, 5.74) is 0. The lowest BCUT2D eigenvalue weighted by Crippen LogP contribution is -2.25. The minimum Gasteiger partial charge on any atom is -0.286 e. The third-order valence-corrected chi connectivity index (χ3v) is 5.20. The Balaban J connectivity index is 1.97. The van der Waals surface area contributed by atoms with Gasteiger partial charge < -0.3 is 0 Å². The molecule has 1 unspecified atom stereocenters. The molecule has 1 fully saturated rings. The summed E-state index contributed by atoms with van der Waals surface area (Å²) in [4.78, 5) is 13.3. The quantitative estimate of drug-likeness (QED) is 0.562. The third kappa shape index (κ3) is 4.70. The van der Waals surface area contributed by atoms with Crippen LogP contribution in [-0.2, 0) is 21.4 Å². The van der Waals surface area contributed by atoms with Crippen LogP contribution < -0.4 is 4.90 Å². The number of carbonyl (C=O) groups excluding carboxylic acids is 1. The molecule has 1 aromatic rings. The Bertz CT molecular complexity index is 603. The van der Waals surface area contributed by atoms with E-state index in [9.17, 15) is 17.1 Å². The molecule has 118 valence electrons. The second kappa shape index (κ2) is 6.78. The molecule has 2 heterocycles. The van der Waals surface area contributed by atoms with Gasteiger partial charge in [0.05, 0.1) is 5.75 Å². The van der Waals surface area contributed by atoms with Crippen LogP contribution in [0, 0.1) is 5.92 Å². The van der Waals surface area contributed by atoms with Crippen molar-refractivity contribution in [3.63, 3.8) is 0 Å². The first-order valence-corrected chi connectivity index (χ1v) is 9.31. The van der Waals surface area contributed by atoms with Gasteiger partial charge >= 0.3 is 10.2 Å². The van der Waals surface area contributed by atoms with Gasteiger partial charge in [0.15, 0.2) is 0 Å². The number of hydrogen-bond donors (Lipinski definition) is 0. The van der Waals surface area contributed by atoms with Crippen LogP contribution in [0.1, 0.15) is 37.6 Å². The second-order valence-corrected chi connectivity index (χ2v) is 7.67. The van der Waals surface area contributed by atoms with Gasteiger partial charge in [-0.25, -0.2) is 0 Å². The van der Waals surface area contributed by atoms with E-state index in [2.05, 4.69) is 17.1 Å². The summed E-state index contributed by atoms with van der Waals surface area (Å²) in [5.74, 6) is -1.35. The van der Waals surface area contributed by atoms with Gasteiger partial charge in [-0.15, -0.1) is 14.1 Å². The van der Waals surface area contributed by atoms with Crippen molar-refractivity contribution in [3.05, 3.63) is 5.01 Å². The Labute approximate surface area is 127 Å². The molecular weight excluding hydrogens is 317 g/mol. The molecule has 1 aromatic heterocycles. The summed E-state index contributed by atoms with van der Waals surface area (Å²) in [5, 5.41) is 9.38. The number of aryl methyl sites for hydroxylation is 1. The number of unbranched alkanes of at least 4 members (excludes halogenated alkanes) is 2. The van der Waals surface area contributed by atoms with E-state index < -0.39 is 21.9 Å². The summed E-state index contributed by atoms with van der Waals surface area (Å²) in [7, 11) is -4.56. The number of nitrogens with zero attached hydrogens (tertiary/aromatic N) is 3. The molecule has 1 aliphatic heterocycles. The van der Waals surface area contributed by atoms with Crippen molar-refractivity contribution in [3.8, 4) is 0 Å². The Hall–Kier alpha value is -1.09. The number of carbonyl (C=O) groups is 1. The molecule has 1 amide bonds. The van der Waals surface area contributed by atoms with E-state index in [-0.39, 0.29) is 18.9 Å². The van der Waals surface area contributed by atoms with Crippen LogP contribution >= 0.6 is 11.3 Å². The Morgan fingerprint density at radius 1 is 1.38 bits per heavy atom. The van der Waals surface area contributed by atoms with Gasteiger partial charge in [-0.3, -0.25) is 9.69 Å². The van der Waals surface area contributed by atoms with Crippen LogP contribution in [0.5, 0.6) is 0 Å². The number of rotatable bonds is 7. The van der Waals surface area contributed by atoms with Crippen LogP contribution in [0.2, 0.25) is 0 Å². The predicted molar refractivity (Wildman–Crippen MR) is 78.5 cm³/mol. The number of hydrogen-bond acceptors (Lipinski definition) is 6. The largest absolute Gasteiger partial charge is 0.302 e. The lowest BCUT2D eigenvalue weighted by Gasteiger charge is -2.11. The molecule has 1 saturated heterocycles. The molecule has 1 atom stereocenters. The first-order chi connectivity index (χ1) is 9.89. The first-order valence-electron chi connectivity index (χ1n) is 6.94. The normalized spacial score (nSPS) is 19.4. The Morgan fingerprint density at radius 2 is 2.14 bits per heavy atom. The Kier molecular flexibility index (Phi) is 5.26. The Morgan fingerprint density at radius 3 is 2.81 bits per heavy atom. The summed E-state index contributed by atoms with van der Waals surface area (Å²) >= 11 is 1.34. The van der Waals surface area contributed by atoms with Crippen LogP contribution in [-0.4, -0.2) is 36.8 Å². The molecule has 9 heteroatoms. The zero-order valence-electron chi connectivity index (χ0n) is 11.8. The molecule has 0 aromatic carbocycles. The van der Waals surface area contributed by atoms with Crippen LogP contribution in [0.3, 0.4) is 0 Å². The maximum Gasteiger partial charge on any atom is 0.302 e. The van der Waals surface area contributed by atoms with Gasteiger partial charge in [-0.2, -0.15) is 8.42 Å². The van der Waals surface area contributed by atoms with E-state index in [4.69, 9.17) is 0 Å². The van der Waals surface area contributed by atoms with Crippen molar-refractivity contribution in [2.75, 3.05) is 17.2 Å². The standard InChI is InChI=1S/C12H18FN3O3S2/c1-2-3-4-5-10-14-15-12(20-10)16-7-9(6-11(16)17)8-21(13,18)19/h9H,2-8H2,1H3. The lowest BCUT2D eigenvalue weighted by molar-refractivity contribution is -0.117. The van der Waals surface area contributed by atoms with E-state index in [1.807, 2.05) is 0 Å². The van der Waals surface area contributed by atoms with Crippen LogP contribution in [0.15, 0.2) is 0 Å². The minimum absolute atomic E-state index is 0.0356. The number of aromatic nitrogens is 2. The molecule has 0 spiro atoms. The fourth-order valence-electron chi connectivity index (χ4n) is 2.34. The van der Waals surface area contributed by atoms with Crippen molar-refractivity contribution >= 4 is 32.6 Å². The topological polar surface area (TPSA) is 80.2 Å². The number of amides is 1. The highest BCUT2D eigenvalue weighted by Crippen LogP contribution is 2.29. The molecule has 0 radical (unpaired) electrons. The molecule has 1 aliphatic rings. The van der Waals surface area contributed by atoms with Gasteiger partial charge in [0.2, 0.25) is 11.0 Å². The van der Waals surface area contributed by atoms with Gasteiger partial charge in [0.1, 0.15) is 5.01 Å². The number of anilines is 1. The first kappa shape index (κ1) is 16.3.